The summed E-state index contributed by atoms with van der Waals surface area (Å²) in [6, 6.07) is -4.81. The Morgan fingerprint density at radius 2 is 0.981 bits per heavy atom. The second-order valence-corrected chi connectivity index (χ2v) is 27.5. The summed E-state index contributed by atoms with van der Waals surface area (Å²) in [5.41, 5.74) is 0. The van der Waals surface area contributed by atoms with Crippen molar-refractivity contribution in [1.29, 1.82) is 0 Å². The summed E-state index contributed by atoms with van der Waals surface area (Å²) in [5.74, 6) is -7.73. The Morgan fingerprint density at radius 3 is 1.55 bits per heavy atom. The second kappa shape index (κ2) is 46.6. The molecule has 20 N–H and O–H groups in total. The van der Waals surface area contributed by atoms with Crippen LogP contribution in [0.5, 0.6) is 0 Å². The summed E-state index contributed by atoms with van der Waals surface area (Å²) >= 11 is 0. The van der Waals surface area contributed by atoms with Crippen molar-refractivity contribution in [3.63, 3.8) is 0 Å². The molecule has 28 atom stereocenters. The highest BCUT2D eigenvalue weighted by atomic mass is 16.8. The predicted molar refractivity (Wildman–Crippen MR) is 360 cm³/mol. The maximum atomic E-state index is 13.8. The number of carboxylic acid groups (broad SMARTS) is 1. The summed E-state index contributed by atoms with van der Waals surface area (Å²) in [7, 11) is 0. The third-order valence-electron chi connectivity index (χ3n) is 19.2. The molecule has 34 nitrogen and oxygen atoms in total. The fourth-order valence-electron chi connectivity index (χ4n) is 13.3. The van der Waals surface area contributed by atoms with Crippen LogP contribution in [0.4, 0.5) is 0 Å². The molecule has 5 saturated heterocycles. The number of amides is 3. The Morgan fingerprint density at radius 1 is 0.505 bits per heavy atom. The number of nitrogens with one attached hydrogen (secondary N) is 3. The van der Waals surface area contributed by atoms with Crippen molar-refractivity contribution in [2.45, 2.75) is 347 Å². The monoisotopic (exact) mass is 1490 g/mol. The zero-order chi connectivity index (χ0) is 75.9. The number of hydrogen-bond acceptors (Lipinski definition) is 30. The summed E-state index contributed by atoms with van der Waals surface area (Å²) in [6.45, 7) is 0.222. The van der Waals surface area contributed by atoms with Crippen molar-refractivity contribution in [2.75, 3.05) is 39.6 Å². The molecule has 103 heavy (non-hydrogen) atoms. The Hall–Kier alpha value is -3.68. The lowest BCUT2D eigenvalue weighted by Gasteiger charge is -2.52. The van der Waals surface area contributed by atoms with Crippen LogP contribution in [-0.2, 0) is 66.5 Å². The highest BCUT2D eigenvalue weighted by molar-refractivity contribution is 5.77. The van der Waals surface area contributed by atoms with Crippen LogP contribution < -0.4 is 16.0 Å². The summed E-state index contributed by atoms with van der Waals surface area (Å²) < 4.78 is 59.9. The molecule has 3 amide bonds. The van der Waals surface area contributed by atoms with Crippen molar-refractivity contribution >= 4 is 23.7 Å². The zero-order valence-electron chi connectivity index (χ0n) is 59.7. The van der Waals surface area contributed by atoms with E-state index in [9.17, 15) is 106 Å². The molecule has 5 aliphatic heterocycles. The van der Waals surface area contributed by atoms with Gasteiger partial charge in [-0.15, -0.1) is 0 Å². The highest BCUT2D eigenvalue weighted by Crippen LogP contribution is 2.41. The molecule has 5 heterocycles. The van der Waals surface area contributed by atoms with E-state index in [2.05, 4.69) is 41.9 Å². The SMILES string of the molecule is CCCC/C=C\CCCCCCCC(=O)N[C@@H](CO[C@@H]1O[C@H](CO)[C@@H](O[C@@H]2O[C@H](CO)[C@H](O[C@@H]3O[C@H](CO)[C@H](O)[C@H](O[C@@H]4O[C@H](CO)[C@H](O)[C@H](O)[C@H]4O)[C@H]3NC(C)=O)[C@H](O[C@]3(C(=O)O)C[C@H](O)[C@@H](NC(C)=O)[C@@H]([C@@H](O)[C@H](O)CO)O3)[C@H]2O)[C@H](O)[C@H]1O)[C@H](O)/C=C/CCCCCCCCCCCCC. The molecule has 0 unspecified atom stereocenters. The lowest BCUT2D eigenvalue weighted by Crippen LogP contribution is -2.72. The van der Waals surface area contributed by atoms with Gasteiger partial charge >= 0.3 is 5.97 Å². The van der Waals surface area contributed by atoms with Crippen molar-refractivity contribution < 1.29 is 153 Å². The molecule has 0 aromatic carbocycles. The number of carboxylic acids is 1. The predicted octanol–water partition coefficient (Wildman–Crippen LogP) is -2.83. The molecule has 34 heteroatoms. The van der Waals surface area contributed by atoms with Gasteiger partial charge in [-0.05, 0) is 38.5 Å². The number of carbonyl (C=O) groups excluding carboxylic acids is 3. The third kappa shape index (κ3) is 26.8. The Kier molecular flexibility index (Phi) is 40.7. The zero-order valence-corrected chi connectivity index (χ0v) is 59.7. The van der Waals surface area contributed by atoms with E-state index in [1.54, 1.807) is 6.08 Å². The number of allylic oxidation sites excluding steroid dienone is 3. The smallest absolute Gasteiger partial charge is 0.364 e. The van der Waals surface area contributed by atoms with Gasteiger partial charge in [0.05, 0.1) is 63.9 Å². The minimum Gasteiger partial charge on any atom is -0.477 e. The van der Waals surface area contributed by atoms with Gasteiger partial charge in [0.1, 0.15) is 116 Å². The van der Waals surface area contributed by atoms with Gasteiger partial charge in [0.15, 0.2) is 25.2 Å². The molecule has 0 radical (unpaired) electrons. The first-order valence-electron chi connectivity index (χ1n) is 36.7. The van der Waals surface area contributed by atoms with E-state index in [-0.39, 0.29) is 6.42 Å². The van der Waals surface area contributed by atoms with Crippen molar-refractivity contribution in [3.8, 4) is 0 Å². The summed E-state index contributed by atoms with van der Waals surface area (Å²) in [5, 5.41) is 196. The van der Waals surface area contributed by atoms with Crippen LogP contribution in [0.1, 0.15) is 175 Å². The van der Waals surface area contributed by atoms with Crippen LogP contribution in [0, 0.1) is 0 Å². The molecule has 598 valence electrons. The minimum atomic E-state index is -3.38. The first-order chi connectivity index (χ1) is 49.3. The molecular weight excluding hydrogens is 1370 g/mol. The van der Waals surface area contributed by atoms with Crippen LogP contribution in [0.2, 0.25) is 0 Å². The number of hydrogen-bond donors (Lipinski definition) is 20. The fraction of sp³-hybridized carbons (Fsp3) is 0.884. The van der Waals surface area contributed by atoms with Gasteiger partial charge in [0.2, 0.25) is 17.7 Å². The quantitative estimate of drug-likeness (QED) is 0.0216. The lowest BCUT2D eigenvalue weighted by molar-refractivity contribution is -0.403. The van der Waals surface area contributed by atoms with Crippen LogP contribution >= 0.6 is 0 Å². The molecule has 0 aromatic heterocycles. The molecule has 5 fully saturated rings. The summed E-state index contributed by atoms with van der Waals surface area (Å²) in [4.78, 5) is 52.8. The average molecular weight is 1490 g/mol. The first kappa shape index (κ1) is 89.9. The number of aliphatic hydroxyl groups excluding tert-OH is 16. The van der Waals surface area contributed by atoms with Gasteiger partial charge < -0.3 is 150 Å². The van der Waals surface area contributed by atoms with Gasteiger partial charge in [-0.3, -0.25) is 14.4 Å². The van der Waals surface area contributed by atoms with Crippen LogP contribution in [0.25, 0.3) is 0 Å². The van der Waals surface area contributed by atoms with Crippen molar-refractivity contribution in [2.24, 2.45) is 0 Å². The van der Waals surface area contributed by atoms with E-state index >= 15 is 0 Å². The second-order valence-electron chi connectivity index (χ2n) is 27.5. The van der Waals surface area contributed by atoms with Gasteiger partial charge in [-0.25, -0.2) is 4.79 Å². The fourth-order valence-corrected chi connectivity index (χ4v) is 13.3. The van der Waals surface area contributed by atoms with Crippen LogP contribution in [-0.4, -0.2) is 321 Å². The van der Waals surface area contributed by atoms with E-state index in [0.717, 1.165) is 90.9 Å². The van der Waals surface area contributed by atoms with Gasteiger partial charge in [0, 0.05) is 26.7 Å². The van der Waals surface area contributed by atoms with E-state index in [4.69, 9.17) is 47.4 Å². The molecule has 5 rings (SSSR count). The number of ether oxygens (including phenoxy) is 10. The minimum absolute atomic E-state index is 0.119. The Labute approximate surface area is 601 Å². The maximum Gasteiger partial charge on any atom is 0.364 e. The number of aliphatic carboxylic acids is 1. The molecule has 0 aliphatic carbocycles. The van der Waals surface area contributed by atoms with Crippen LogP contribution in [0.3, 0.4) is 0 Å². The molecule has 0 aromatic rings. The van der Waals surface area contributed by atoms with Gasteiger partial charge in [0.25, 0.3) is 5.79 Å². The van der Waals surface area contributed by atoms with Gasteiger partial charge in [-0.2, -0.15) is 0 Å². The molecule has 0 saturated carbocycles. The van der Waals surface area contributed by atoms with Crippen LogP contribution in [0.15, 0.2) is 24.3 Å². The van der Waals surface area contributed by atoms with Gasteiger partial charge in [-0.1, -0.05) is 134 Å². The first-order valence-corrected chi connectivity index (χ1v) is 36.7. The molecular formula is C69H121N3O31. The number of carbonyl (C=O) groups is 4. The third-order valence-corrected chi connectivity index (χ3v) is 19.2. The molecule has 0 spiro atoms. The number of aliphatic hydroxyl groups is 16. The largest absolute Gasteiger partial charge is 0.477 e. The van der Waals surface area contributed by atoms with Crippen molar-refractivity contribution in [1.82, 2.24) is 16.0 Å². The highest BCUT2D eigenvalue weighted by Gasteiger charge is 2.62. The Balaban J connectivity index is 1.43. The van der Waals surface area contributed by atoms with E-state index in [1.165, 1.54) is 51.0 Å². The number of unbranched alkanes of at least 4 members (excludes halogenated alkanes) is 18. The molecule has 5 aliphatic rings. The van der Waals surface area contributed by atoms with Crippen molar-refractivity contribution in [3.05, 3.63) is 24.3 Å². The van der Waals surface area contributed by atoms with E-state index in [1.807, 2.05) is 0 Å². The Bertz CT molecular complexity index is 2480. The number of rotatable bonds is 47. The standard InChI is InChI=1S/C69H121N3O31/c1-5-7-9-11-13-15-17-18-20-21-23-25-27-29-41(80)40(72-48(83)30-28-26-24-22-19-16-14-12-10-8-6-2)37-94-65-57(90)55(88)59(46(35-76)97-65)99-67-58(91)63(103-69(68(92)93)31-42(81)49(70-38(3)78)62(102-69)51(84)43(82)32-73)60(47(36-77)98-67)100-64-50(71-39(4)79)61(53(86)45(34-75)95-64)101-66-56(89)54(87)52(85)44(33-74)96-66/h12,14,27,29,40-47,49-67,73-77,80-82,84-91H,5-11,13,15-26,28,30-37H2,1-4H3,(H,70,78)(H,71,79)(H,72,83)(H,92,93)/b14-12-,29-27+/t40-,41+,42-,43+,44+,45+,46+,47+,49+,50+,51-,52-,53-,54-,55+,56+,57+,58+,59+,60-,61+,62-,63+,64-,65+,66-,67-,69-/m0/s1. The molecule has 0 bridgehead atoms. The van der Waals surface area contributed by atoms with E-state index < -0.39 is 241 Å². The average Bonchev–Trinajstić information content (AvgIpc) is 0.751. The van der Waals surface area contributed by atoms with E-state index in [0.29, 0.717) is 12.8 Å². The summed E-state index contributed by atoms with van der Waals surface area (Å²) in [6.07, 6.45) is -21.0. The topological polar surface area (TPSA) is 541 Å². The normalized spacial score (nSPS) is 35.6. The lowest BCUT2D eigenvalue weighted by atomic mass is 9.88. The maximum absolute atomic E-state index is 13.8.